The summed E-state index contributed by atoms with van der Waals surface area (Å²) in [6.07, 6.45) is 14.0. The summed E-state index contributed by atoms with van der Waals surface area (Å²) in [5, 5.41) is 13.9. The monoisotopic (exact) mass is 459 g/mol. The molecule has 0 amide bonds. The highest BCUT2D eigenvalue weighted by Crippen LogP contribution is 2.44. The quantitative estimate of drug-likeness (QED) is 0.294. The Morgan fingerprint density at radius 3 is 2.06 bits per heavy atom. The van der Waals surface area contributed by atoms with Crippen LogP contribution in [0.2, 0.25) is 0 Å². The Balaban J connectivity index is 1.80. The van der Waals surface area contributed by atoms with Gasteiger partial charge in [-0.3, -0.25) is 0 Å². The number of benzene rings is 1. The second-order valence-electron chi connectivity index (χ2n) is 11.8. The first kappa shape index (κ1) is 28.0. The second-order valence-corrected chi connectivity index (χ2v) is 11.8. The number of phenolic OH excluding ortho intramolecular Hbond substituents is 1. The minimum absolute atomic E-state index is 0.0945. The summed E-state index contributed by atoms with van der Waals surface area (Å²) in [6.45, 7) is 16.6. The number of hydrogen-bond acceptors (Lipinski definition) is 3. The lowest BCUT2D eigenvalue weighted by molar-refractivity contribution is 0.0510. The van der Waals surface area contributed by atoms with Crippen molar-refractivity contribution in [3.05, 3.63) is 22.3 Å². The lowest BCUT2D eigenvalue weighted by atomic mass is 9.83. The summed E-state index contributed by atoms with van der Waals surface area (Å²) >= 11 is 0. The predicted molar refractivity (Wildman–Crippen MR) is 142 cm³/mol. The van der Waals surface area contributed by atoms with E-state index in [1.54, 1.807) is 0 Å². The van der Waals surface area contributed by atoms with E-state index in [4.69, 9.17) is 4.74 Å². The molecular weight excluding hydrogens is 406 g/mol. The van der Waals surface area contributed by atoms with Gasteiger partial charge in [-0.25, -0.2) is 0 Å². The van der Waals surface area contributed by atoms with Crippen LogP contribution in [0.1, 0.15) is 121 Å². The summed E-state index contributed by atoms with van der Waals surface area (Å²) in [6, 6.07) is 0. The maximum atomic E-state index is 10.7. The number of fused-ring (bicyclic) bond motifs is 1. The van der Waals surface area contributed by atoms with Crippen LogP contribution < -0.4 is 10.1 Å². The Morgan fingerprint density at radius 2 is 1.48 bits per heavy atom. The first-order chi connectivity index (χ1) is 15.6. The largest absolute Gasteiger partial charge is 0.507 e. The zero-order chi connectivity index (χ0) is 24.6. The van der Waals surface area contributed by atoms with E-state index in [-0.39, 0.29) is 5.60 Å². The Bertz CT molecular complexity index is 742. The van der Waals surface area contributed by atoms with Crippen LogP contribution in [0.4, 0.5) is 0 Å². The molecule has 33 heavy (non-hydrogen) atoms. The summed E-state index contributed by atoms with van der Waals surface area (Å²) in [5.41, 5.74) is 4.19. The molecule has 1 heterocycles. The van der Waals surface area contributed by atoms with Gasteiger partial charge in [-0.15, -0.1) is 0 Å². The van der Waals surface area contributed by atoms with Crippen LogP contribution in [0.15, 0.2) is 0 Å². The van der Waals surface area contributed by atoms with Crippen LogP contribution in [-0.2, 0) is 13.0 Å². The van der Waals surface area contributed by atoms with Gasteiger partial charge in [0.05, 0.1) is 0 Å². The first-order valence-electron chi connectivity index (χ1n) is 13.8. The SMILES string of the molecule is CNCc1c(O)c(C)c(C)c2c1CCC(C)(CCCC(C)CCCC(C)CCCC(C)C)O2. The van der Waals surface area contributed by atoms with Crippen LogP contribution in [-0.4, -0.2) is 17.8 Å². The summed E-state index contributed by atoms with van der Waals surface area (Å²) < 4.78 is 6.68. The Hall–Kier alpha value is -1.22. The highest BCUT2D eigenvalue weighted by Gasteiger charge is 2.34. The Kier molecular flexibility index (Phi) is 11.1. The lowest BCUT2D eigenvalue weighted by Gasteiger charge is -2.38. The highest BCUT2D eigenvalue weighted by atomic mass is 16.5. The number of ether oxygens (including phenoxy) is 1. The molecule has 3 heteroatoms. The molecule has 3 unspecified atom stereocenters. The van der Waals surface area contributed by atoms with Crippen molar-refractivity contribution < 1.29 is 9.84 Å². The average Bonchev–Trinajstić information content (AvgIpc) is 2.75. The van der Waals surface area contributed by atoms with Gasteiger partial charge >= 0.3 is 0 Å². The molecule has 3 atom stereocenters. The van der Waals surface area contributed by atoms with Crippen molar-refractivity contribution in [1.82, 2.24) is 5.32 Å². The van der Waals surface area contributed by atoms with Crippen LogP contribution >= 0.6 is 0 Å². The molecule has 0 radical (unpaired) electrons. The molecule has 1 aliphatic heterocycles. The van der Waals surface area contributed by atoms with E-state index in [1.165, 1.54) is 56.9 Å². The van der Waals surface area contributed by atoms with Gasteiger partial charge in [0.2, 0.25) is 0 Å². The van der Waals surface area contributed by atoms with Crippen molar-refractivity contribution in [3.8, 4) is 11.5 Å². The van der Waals surface area contributed by atoms with Gasteiger partial charge in [-0.2, -0.15) is 0 Å². The van der Waals surface area contributed by atoms with Gasteiger partial charge in [0.25, 0.3) is 0 Å². The standard InChI is InChI=1S/C30H53NO2/c1-21(2)12-9-13-22(3)14-10-15-23(4)16-11-18-30(7)19-17-26-27(20-31-8)28(32)24(5)25(6)29(26)33-30/h21-23,31-32H,9-20H2,1-8H3. The summed E-state index contributed by atoms with van der Waals surface area (Å²) in [4.78, 5) is 0. The van der Waals surface area contributed by atoms with Gasteiger partial charge in [0.15, 0.2) is 0 Å². The van der Waals surface area contributed by atoms with Crippen molar-refractivity contribution in [2.45, 2.75) is 131 Å². The number of nitrogens with one attached hydrogen (secondary N) is 1. The maximum Gasteiger partial charge on any atom is 0.127 e. The maximum absolute atomic E-state index is 10.7. The third kappa shape index (κ3) is 8.19. The van der Waals surface area contributed by atoms with Crippen LogP contribution in [0, 0.1) is 31.6 Å². The normalized spacial score (nSPS) is 19.9. The fourth-order valence-corrected chi connectivity index (χ4v) is 5.52. The summed E-state index contributed by atoms with van der Waals surface area (Å²) in [5.74, 6) is 4.00. The van der Waals surface area contributed by atoms with Crippen LogP contribution in [0.3, 0.4) is 0 Å². The minimum atomic E-state index is -0.0945. The molecule has 0 aliphatic carbocycles. The van der Waals surface area contributed by atoms with E-state index >= 15 is 0 Å². The van der Waals surface area contributed by atoms with E-state index in [0.717, 1.165) is 59.5 Å². The first-order valence-corrected chi connectivity index (χ1v) is 13.8. The number of phenols is 1. The molecule has 0 saturated heterocycles. The number of aromatic hydroxyl groups is 1. The molecule has 0 spiro atoms. The van der Waals surface area contributed by atoms with Gasteiger partial charge < -0.3 is 15.2 Å². The molecule has 2 N–H and O–H groups in total. The molecular formula is C30H53NO2. The van der Waals surface area contributed by atoms with Gasteiger partial charge in [-0.05, 0) is 82.4 Å². The molecule has 1 aliphatic rings. The van der Waals surface area contributed by atoms with E-state index in [1.807, 2.05) is 14.0 Å². The fourth-order valence-electron chi connectivity index (χ4n) is 5.52. The summed E-state index contributed by atoms with van der Waals surface area (Å²) in [7, 11) is 1.93. The topological polar surface area (TPSA) is 41.5 Å². The third-order valence-corrected chi connectivity index (χ3v) is 8.06. The van der Waals surface area contributed by atoms with Crippen molar-refractivity contribution in [1.29, 1.82) is 0 Å². The molecule has 0 fully saturated rings. The van der Waals surface area contributed by atoms with Crippen molar-refractivity contribution >= 4 is 0 Å². The van der Waals surface area contributed by atoms with Crippen molar-refractivity contribution in [3.63, 3.8) is 0 Å². The van der Waals surface area contributed by atoms with Gasteiger partial charge in [0, 0.05) is 17.7 Å². The molecule has 0 saturated carbocycles. The van der Waals surface area contributed by atoms with Crippen LogP contribution in [0.5, 0.6) is 11.5 Å². The molecule has 1 aromatic carbocycles. The fraction of sp³-hybridized carbons (Fsp3) is 0.800. The van der Waals surface area contributed by atoms with E-state index in [2.05, 4.69) is 46.9 Å². The minimum Gasteiger partial charge on any atom is -0.507 e. The molecule has 1 aromatic rings. The molecule has 190 valence electrons. The lowest BCUT2D eigenvalue weighted by Crippen LogP contribution is -2.37. The zero-order valence-electron chi connectivity index (χ0n) is 23.1. The van der Waals surface area contributed by atoms with Crippen LogP contribution in [0.25, 0.3) is 0 Å². The van der Waals surface area contributed by atoms with Crippen molar-refractivity contribution in [2.24, 2.45) is 17.8 Å². The highest BCUT2D eigenvalue weighted by molar-refractivity contribution is 5.58. The molecule has 2 rings (SSSR count). The number of hydrogen-bond donors (Lipinski definition) is 2. The van der Waals surface area contributed by atoms with E-state index in [9.17, 15) is 5.11 Å². The van der Waals surface area contributed by atoms with E-state index in [0.29, 0.717) is 12.3 Å². The third-order valence-electron chi connectivity index (χ3n) is 8.06. The predicted octanol–water partition coefficient (Wildman–Crippen LogP) is 8.25. The van der Waals surface area contributed by atoms with Gasteiger partial charge in [0.1, 0.15) is 17.1 Å². The smallest absolute Gasteiger partial charge is 0.127 e. The van der Waals surface area contributed by atoms with Crippen molar-refractivity contribution in [2.75, 3.05) is 7.05 Å². The van der Waals surface area contributed by atoms with E-state index < -0.39 is 0 Å². The molecule has 3 nitrogen and oxygen atoms in total. The Labute approximate surface area is 205 Å². The average molecular weight is 460 g/mol. The van der Waals surface area contributed by atoms with Gasteiger partial charge in [-0.1, -0.05) is 72.6 Å². The number of rotatable bonds is 14. The molecule has 0 bridgehead atoms. The Morgan fingerprint density at radius 1 is 0.909 bits per heavy atom. The second kappa shape index (κ2) is 13.0. The molecule has 0 aromatic heterocycles. The zero-order valence-corrected chi connectivity index (χ0v) is 23.1.